The van der Waals surface area contributed by atoms with Gasteiger partial charge in [-0.2, -0.15) is 0 Å². The molecule has 2 N–H and O–H groups in total. The number of hydrogen-bond acceptors (Lipinski definition) is 2. The van der Waals surface area contributed by atoms with Crippen molar-refractivity contribution in [2.24, 2.45) is 12.5 Å². The lowest BCUT2D eigenvalue weighted by atomic mass is 9.74. The zero-order valence-electron chi connectivity index (χ0n) is 13.3. The predicted molar refractivity (Wildman–Crippen MR) is 88.4 cm³/mol. The summed E-state index contributed by atoms with van der Waals surface area (Å²) >= 11 is 0. The second-order valence-corrected chi connectivity index (χ2v) is 6.50. The van der Waals surface area contributed by atoms with Crippen LogP contribution in [0.25, 0.3) is 10.9 Å². The summed E-state index contributed by atoms with van der Waals surface area (Å²) < 4.78 is 1.91. The van der Waals surface area contributed by atoms with Crippen molar-refractivity contribution in [3.8, 4) is 0 Å². The molecular formula is C18H22N2O3. The Morgan fingerprint density at radius 3 is 2.61 bits per heavy atom. The highest BCUT2D eigenvalue weighted by Crippen LogP contribution is 2.36. The molecule has 0 radical (unpaired) electrons. The number of hydrogen-bond donors (Lipinski definition) is 2. The number of benzene rings is 1. The molecule has 1 amide bonds. The highest BCUT2D eigenvalue weighted by atomic mass is 16.4. The normalized spacial score (nSPS) is 17.1. The molecular weight excluding hydrogens is 292 g/mol. The number of rotatable bonds is 4. The first-order valence-corrected chi connectivity index (χ1v) is 8.09. The second kappa shape index (κ2) is 6.07. The van der Waals surface area contributed by atoms with E-state index in [9.17, 15) is 14.7 Å². The van der Waals surface area contributed by atoms with Gasteiger partial charge in [-0.05, 0) is 18.9 Å². The van der Waals surface area contributed by atoms with Gasteiger partial charge in [-0.3, -0.25) is 9.59 Å². The first-order valence-electron chi connectivity index (χ1n) is 8.09. The van der Waals surface area contributed by atoms with E-state index < -0.39 is 11.4 Å². The zero-order chi connectivity index (χ0) is 16.4. The molecule has 1 saturated carbocycles. The van der Waals surface area contributed by atoms with Crippen LogP contribution in [0.5, 0.6) is 0 Å². The lowest BCUT2D eigenvalue weighted by Crippen LogP contribution is -2.44. The Labute approximate surface area is 135 Å². The van der Waals surface area contributed by atoms with Crippen molar-refractivity contribution in [3.05, 3.63) is 36.0 Å². The number of aliphatic carboxylic acids is 1. The summed E-state index contributed by atoms with van der Waals surface area (Å²) in [6.45, 7) is 0.199. The summed E-state index contributed by atoms with van der Waals surface area (Å²) in [5.74, 6) is -0.997. The quantitative estimate of drug-likeness (QED) is 0.911. The molecule has 1 aromatic heterocycles. The van der Waals surface area contributed by atoms with Gasteiger partial charge in [0, 0.05) is 30.7 Å². The van der Waals surface area contributed by atoms with Crippen molar-refractivity contribution in [1.29, 1.82) is 0 Å². The number of fused-ring (bicyclic) bond motifs is 1. The van der Waals surface area contributed by atoms with Crippen molar-refractivity contribution in [1.82, 2.24) is 9.88 Å². The molecule has 1 aromatic carbocycles. The van der Waals surface area contributed by atoms with E-state index in [-0.39, 0.29) is 12.5 Å². The molecule has 0 saturated heterocycles. The number of carboxylic acids is 1. The van der Waals surface area contributed by atoms with Gasteiger partial charge in [0.1, 0.15) is 0 Å². The SMILES string of the molecule is Cn1cc(C(=O)NCC2(C(=O)O)CCCCC2)c2ccccc21. The first-order chi connectivity index (χ1) is 11.0. The number of aryl methyl sites for hydroxylation is 1. The Hall–Kier alpha value is -2.30. The van der Waals surface area contributed by atoms with E-state index in [0.29, 0.717) is 18.4 Å². The second-order valence-electron chi connectivity index (χ2n) is 6.50. The van der Waals surface area contributed by atoms with Crippen LogP contribution in [0.2, 0.25) is 0 Å². The zero-order valence-corrected chi connectivity index (χ0v) is 13.3. The monoisotopic (exact) mass is 314 g/mol. The summed E-state index contributed by atoms with van der Waals surface area (Å²) in [5.41, 5.74) is 0.779. The third-order valence-corrected chi connectivity index (χ3v) is 4.99. The van der Waals surface area contributed by atoms with Crippen LogP contribution in [-0.2, 0) is 11.8 Å². The molecule has 122 valence electrons. The van der Waals surface area contributed by atoms with E-state index in [4.69, 9.17) is 0 Å². The van der Waals surface area contributed by atoms with Crippen LogP contribution in [0.1, 0.15) is 42.5 Å². The van der Waals surface area contributed by atoms with Gasteiger partial charge in [0.15, 0.2) is 0 Å². The minimum atomic E-state index is -0.807. The van der Waals surface area contributed by atoms with Crippen molar-refractivity contribution in [2.45, 2.75) is 32.1 Å². The van der Waals surface area contributed by atoms with Gasteiger partial charge in [-0.15, -0.1) is 0 Å². The average Bonchev–Trinajstić information content (AvgIpc) is 2.91. The van der Waals surface area contributed by atoms with Gasteiger partial charge in [0.25, 0.3) is 5.91 Å². The molecule has 0 unspecified atom stereocenters. The number of aromatic nitrogens is 1. The van der Waals surface area contributed by atoms with Crippen LogP contribution in [0, 0.1) is 5.41 Å². The fourth-order valence-electron chi connectivity index (χ4n) is 3.56. The maximum atomic E-state index is 12.6. The van der Waals surface area contributed by atoms with Crippen molar-refractivity contribution in [2.75, 3.05) is 6.54 Å². The molecule has 0 aliphatic heterocycles. The van der Waals surface area contributed by atoms with E-state index in [1.807, 2.05) is 35.9 Å². The fraction of sp³-hybridized carbons (Fsp3) is 0.444. The van der Waals surface area contributed by atoms with E-state index >= 15 is 0 Å². The summed E-state index contributed by atoms with van der Waals surface area (Å²) in [6.07, 6.45) is 5.98. The fourth-order valence-corrected chi connectivity index (χ4v) is 3.56. The van der Waals surface area contributed by atoms with Gasteiger partial charge in [-0.25, -0.2) is 0 Å². The molecule has 5 heteroatoms. The molecule has 1 fully saturated rings. The number of nitrogens with zero attached hydrogens (tertiary/aromatic N) is 1. The summed E-state index contributed by atoms with van der Waals surface area (Å²) in [6, 6.07) is 7.72. The first kappa shape index (κ1) is 15.6. The van der Waals surface area contributed by atoms with Crippen molar-refractivity contribution < 1.29 is 14.7 Å². The van der Waals surface area contributed by atoms with Gasteiger partial charge < -0.3 is 15.0 Å². The van der Waals surface area contributed by atoms with Crippen LogP contribution >= 0.6 is 0 Å². The lowest BCUT2D eigenvalue weighted by Gasteiger charge is -2.33. The maximum absolute atomic E-state index is 12.6. The average molecular weight is 314 g/mol. The molecule has 0 bridgehead atoms. The number of carboxylic acid groups (broad SMARTS) is 1. The van der Waals surface area contributed by atoms with Gasteiger partial charge in [0.05, 0.1) is 11.0 Å². The van der Waals surface area contributed by atoms with Crippen molar-refractivity contribution in [3.63, 3.8) is 0 Å². The Bertz CT molecular complexity index is 742. The van der Waals surface area contributed by atoms with Crippen LogP contribution < -0.4 is 5.32 Å². The minimum Gasteiger partial charge on any atom is -0.481 e. The number of carbonyl (C=O) groups is 2. The predicted octanol–water partition coefficient (Wildman–Crippen LogP) is 2.94. The molecule has 3 rings (SSSR count). The number of para-hydroxylation sites is 1. The van der Waals surface area contributed by atoms with Crippen LogP contribution in [-0.4, -0.2) is 28.1 Å². The molecule has 0 spiro atoms. The maximum Gasteiger partial charge on any atom is 0.311 e. The minimum absolute atomic E-state index is 0.199. The van der Waals surface area contributed by atoms with Crippen LogP contribution in [0.3, 0.4) is 0 Å². The Kier molecular flexibility index (Phi) is 4.11. The molecule has 5 nitrogen and oxygen atoms in total. The highest BCUT2D eigenvalue weighted by molar-refractivity contribution is 6.07. The third-order valence-electron chi connectivity index (χ3n) is 4.99. The number of nitrogens with one attached hydrogen (secondary N) is 1. The van der Waals surface area contributed by atoms with Crippen LogP contribution in [0.4, 0.5) is 0 Å². The Morgan fingerprint density at radius 2 is 1.91 bits per heavy atom. The smallest absolute Gasteiger partial charge is 0.311 e. The molecule has 23 heavy (non-hydrogen) atoms. The number of carbonyl (C=O) groups excluding carboxylic acids is 1. The van der Waals surface area contributed by atoms with Gasteiger partial charge >= 0.3 is 5.97 Å². The Balaban J connectivity index is 1.79. The molecule has 1 heterocycles. The number of amides is 1. The molecule has 0 atom stereocenters. The Morgan fingerprint density at radius 1 is 1.22 bits per heavy atom. The summed E-state index contributed by atoms with van der Waals surface area (Å²) in [7, 11) is 1.90. The molecule has 1 aliphatic carbocycles. The van der Waals surface area contributed by atoms with E-state index in [2.05, 4.69) is 5.32 Å². The van der Waals surface area contributed by atoms with Gasteiger partial charge in [0.2, 0.25) is 0 Å². The third kappa shape index (κ3) is 2.83. The van der Waals surface area contributed by atoms with Gasteiger partial charge in [-0.1, -0.05) is 37.5 Å². The topological polar surface area (TPSA) is 71.3 Å². The lowest BCUT2D eigenvalue weighted by molar-refractivity contribution is -0.150. The highest BCUT2D eigenvalue weighted by Gasteiger charge is 2.39. The van der Waals surface area contributed by atoms with E-state index in [1.54, 1.807) is 6.20 Å². The molecule has 2 aromatic rings. The van der Waals surface area contributed by atoms with Crippen LogP contribution in [0.15, 0.2) is 30.5 Å². The summed E-state index contributed by atoms with van der Waals surface area (Å²) in [5, 5.41) is 13.3. The van der Waals surface area contributed by atoms with E-state index in [1.165, 1.54) is 0 Å². The summed E-state index contributed by atoms with van der Waals surface area (Å²) in [4.78, 5) is 24.2. The van der Waals surface area contributed by atoms with E-state index in [0.717, 1.165) is 30.2 Å². The molecule has 1 aliphatic rings. The standard InChI is InChI=1S/C18H22N2O3/c1-20-11-14(13-7-3-4-8-15(13)20)16(21)19-12-18(17(22)23)9-5-2-6-10-18/h3-4,7-8,11H,2,5-6,9-10,12H2,1H3,(H,19,21)(H,22,23). The van der Waals surface area contributed by atoms with Crippen molar-refractivity contribution >= 4 is 22.8 Å². The largest absolute Gasteiger partial charge is 0.481 e.